The third-order valence-corrected chi connectivity index (χ3v) is 3.29. The van der Waals surface area contributed by atoms with Crippen LogP contribution >= 0.6 is 0 Å². The monoisotopic (exact) mass is 228 g/mol. The second-order valence-electron chi connectivity index (χ2n) is 4.67. The Hall–Kier alpha value is -0.610. The Labute approximate surface area is 97.9 Å². The van der Waals surface area contributed by atoms with E-state index in [1.807, 2.05) is 6.92 Å². The van der Waals surface area contributed by atoms with Crippen molar-refractivity contribution in [1.29, 1.82) is 0 Å². The minimum absolute atomic E-state index is 0.0467. The van der Waals surface area contributed by atoms with E-state index >= 15 is 0 Å². The van der Waals surface area contributed by atoms with Gasteiger partial charge in [-0.2, -0.15) is 0 Å². The topological polar surface area (TPSA) is 64.3 Å². The van der Waals surface area contributed by atoms with Gasteiger partial charge in [0.1, 0.15) is 0 Å². The van der Waals surface area contributed by atoms with Gasteiger partial charge in [0.25, 0.3) is 0 Å². The largest absolute Gasteiger partial charge is 0.378 e. The van der Waals surface area contributed by atoms with Crippen LogP contribution in [0.25, 0.3) is 0 Å². The molecular weight excluding hydrogens is 204 g/mol. The molecule has 16 heavy (non-hydrogen) atoms. The maximum atomic E-state index is 11.8. The number of amides is 1. The van der Waals surface area contributed by atoms with Crippen molar-refractivity contribution in [3.8, 4) is 0 Å². The van der Waals surface area contributed by atoms with Crippen LogP contribution in [0.3, 0.4) is 0 Å². The van der Waals surface area contributed by atoms with Gasteiger partial charge >= 0.3 is 0 Å². The highest BCUT2D eigenvalue weighted by molar-refractivity contribution is 5.79. The average Bonchev–Trinajstić information content (AvgIpc) is 2.70. The SMILES string of the molecule is CCC(CCN)CNC(=O)C1COC(C)C1. The lowest BCUT2D eigenvalue weighted by Crippen LogP contribution is -2.35. The molecule has 1 heterocycles. The van der Waals surface area contributed by atoms with E-state index < -0.39 is 0 Å². The van der Waals surface area contributed by atoms with E-state index in [2.05, 4.69) is 12.2 Å². The lowest BCUT2D eigenvalue weighted by molar-refractivity contribution is -0.125. The van der Waals surface area contributed by atoms with Gasteiger partial charge < -0.3 is 15.8 Å². The van der Waals surface area contributed by atoms with Gasteiger partial charge in [-0.3, -0.25) is 4.79 Å². The third-order valence-electron chi connectivity index (χ3n) is 3.29. The first-order valence-corrected chi connectivity index (χ1v) is 6.26. The van der Waals surface area contributed by atoms with Crippen molar-refractivity contribution in [1.82, 2.24) is 5.32 Å². The average molecular weight is 228 g/mol. The zero-order valence-electron chi connectivity index (χ0n) is 10.4. The molecule has 1 amide bonds. The molecule has 1 saturated heterocycles. The fourth-order valence-corrected chi connectivity index (χ4v) is 2.08. The summed E-state index contributed by atoms with van der Waals surface area (Å²) in [5, 5.41) is 3.01. The summed E-state index contributed by atoms with van der Waals surface area (Å²) in [4.78, 5) is 11.8. The molecule has 1 fully saturated rings. The minimum atomic E-state index is 0.0467. The zero-order chi connectivity index (χ0) is 12.0. The second kappa shape index (κ2) is 6.86. The lowest BCUT2D eigenvalue weighted by atomic mass is 10.0. The van der Waals surface area contributed by atoms with E-state index in [0.717, 1.165) is 25.8 Å². The molecule has 0 aromatic carbocycles. The molecule has 1 aliphatic rings. The molecular formula is C12H24N2O2. The summed E-state index contributed by atoms with van der Waals surface area (Å²) in [6, 6.07) is 0. The number of rotatable bonds is 6. The summed E-state index contributed by atoms with van der Waals surface area (Å²) in [7, 11) is 0. The Morgan fingerprint density at radius 3 is 2.88 bits per heavy atom. The van der Waals surface area contributed by atoms with Crippen LogP contribution < -0.4 is 11.1 Å². The van der Waals surface area contributed by atoms with E-state index in [1.165, 1.54) is 0 Å². The Balaban J connectivity index is 2.23. The maximum Gasteiger partial charge on any atom is 0.225 e. The number of carbonyl (C=O) groups is 1. The Bertz CT molecular complexity index is 221. The smallest absolute Gasteiger partial charge is 0.225 e. The van der Waals surface area contributed by atoms with E-state index in [9.17, 15) is 4.79 Å². The number of hydrogen-bond acceptors (Lipinski definition) is 3. The van der Waals surface area contributed by atoms with Crippen molar-refractivity contribution in [2.45, 2.75) is 39.2 Å². The number of nitrogens with one attached hydrogen (secondary N) is 1. The summed E-state index contributed by atoms with van der Waals surface area (Å²) < 4.78 is 5.39. The van der Waals surface area contributed by atoms with Crippen LogP contribution in [0.1, 0.15) is 33.1 Å². The minimum Gasteiger partial charge on any atom is -0.378 e. The molecule has 4 nitrogen and oxygen atoms in total. The highest BCUT2D eigenvalue weighted by atomic mass is 16.5. The molecule has 3 atom stereocenters. The molecule has 0 spiro atoms. The first-order valence-electron chi connectivity index (χ1n) is 6.26. The van der Waals surface area contributed by atoms with Crippen molar-refractivity contribution >= 4 is 5.91 Å². The molecule has 0 radical (unpaired) electrons. The third kappa shape index (κ3) is 4.10. The van der Waals surface area contributed by atoms with Crippen LogP contribution in [-0.2, 0) is 9.53 Å². The molecule has 94 valence electrons. The van der Waals surface area contributed by atoms with E-state index in [4.69, 9.17) is 10.5 Å². The molecule has 0 bridgehead atoms. The molecule has 1 rings (SSSR count). The normalized spacial score (nSPS) is 26.7. The highest BCUT2D eigenvalue weighted by Gasteiger charge is 2.28. The molecule has 1 aliphatic heterocycles. The van der Waals surface area contributed by atoms with Gasteiger partial charge in [-0.15, -0.1) is 0 Å². The standard InChI is InChI=1S/C12H24N2O2/c1-3-10(4-5-13)7-14-12(15)11-6-9(2)16-8-11/h9-11H,3-8,13H2,1-2H3,(H,14,15). The van der Waals surface area contributed by atoms with Crippen LogP contribution in [-0.4, -0.2) is 31.7 Å². The molecule has 3 N–H and O–H groups in total. The Morgan fingerprint density at radius 2 is 2.38 bits per heavy atom. The van der Waals surface area contributed by atoms with E-state index in [1.54, 1.807) is 0 Å². The predicted molar refractivity (Wildman–Crippen MR) is 64.0 cm³/mol. The quantitative estimate of drug-likeness (QED) is 0.710. The van der Waals surface area contributed by atoms with Crippen LogP contribution in [0, 0.1) is 11.8 Å². The van der Waals surface area contributed by atoms with Gasteiger partial charge in [0.05, 0.1) is 18.6 Å². The van der Waals surface area contributed by atoms with Crippen LogP contribution in [0.5, 0.6) is 0 Å². The van der Waals surface area contributed by atoms with E-state index in [-0.39, 0.29) is 17.9 Å². The second-order valence-corrected chi connectivity index (χ2v) is 4.67. The van der Waals surface area contributed by atoms with Crippen molar-refractivity contribution in [2.75, 3.05) is 19.7 Å². The summed E-state index contributed by atoms with van der Waals surface area (Å²) in [5.74, 6) is 0.693. The molecule has 0 aromatic rings. The van der Waals surface area contributed by atoms with Gasteiger partial charge in [0.15, 0.2) is 0 Å². The summed E-state index contributed by atoms with van der Waals surface area (Å²) in [5.41, 5.74) is 5.52. The molecule has 0 aliphatic carbocycles. The van der Waals surface area contributed by atoms with Crippen molar-refractivity contribution in [3.05, 3.63) is 0 Å². The van der Waals surface area contributed by atoms with Gasteiger partial charge in [0, 0.05) is 6.54 Å². The molecule has 0 saturated carbocycles. The van der Waals surface area contributed by atoms with Gasteiger partial charge in [-0.05, 0) is 32.2 Å². The zero-order valence-corrected chi connectivity index (χ0v) is 10.4. The molecule has 0 aromatic heterocycles. The van der Waals surface area contributed by atoms with Gasteiger partial charge in [0.2, 0.25) is 5.91 Å². The highest BCUT2D eigenvalue weighted by Crippen LogP contribution is 2.19. The van der Waals surface area contributed by atoms with Crippen molar-refractivity contribution in [2.24, 2.45) is 17.6 Å². The Morgan fingerprint density at radius 1 is 1.62 bits per heavy atom. The van der Waals surface area contributed by atoms with Crippen LogP contribution in [0.15, 0.2) is 0 Å². The van der Waals surface area contributed by atoms with E-state index in [0.29, 0.717) is 19.1 Å². The van der Waals surface area contributed by atoms with Crippen molar-refractivity contribution < 1.29 is 9.53 Å². The van der Waals surface area contributed by atoms with Crippen LogP contribution in [0.2, 0.25) is 0 Å². The van der Waals surface area contributed by atoms with Gasteiger partial charge in [-0.1, -0.05) is 13.3 Å². The number of carbonyl (C=O) groups excluding carboxylic acids is 1. The first-order chi connectivity index (χ1) is 7.67. The summed E-state index contributed by atoms with van der Waals surface area (Å²) >= 11 is 0. The predicted octanol–water partition coefficient (Wildman–Crippen LogP) is 0.903. The van der Waals surface area contributed by atoms with Crippen molar-refractivity contribution in [3.63, 3.8) is 0 Å². The molecule has 3 unspecified atom stereocenters. The Kier molecular flexibility index (Phi) is 5.77. The number of hydrogen-bond donors (Lipinski definition) is 2. The number of ether oxygens (including phenoxy) is 1. The summed E-state index contributed by atoms with van der Waals surface area (Å²) in [6.45, 7) is 6.15. The first kappa shape index (κ1) is 13.5. The van der Waals surface area contributed by atoms with Gasteiger partial charge in [-0.25, -0.2) is 0 Å². The summed E-state index contributed by atoms with van der Waals surface area (Å²) in [6.07, 6.45) is 3.12. The maximum absolute atomic E-state index is 11.8. The molecule has 4 heteroatoms. The number of nitrogens with two attached hydrogens (primary N) is 1. The fourth-order valence-electron chi connectivity index (χ4n) is 2.08. The van der Waals surface area contributed by atoms with Crippen LogP contribution in [0.4, 0.5) is 0 Å². The lowest BCUT2D eigenvalue weighted by Gasteiger charge is -2.16. The fraction of sp³-hybridized carbons (Fsp3) is 0.917.